The molecule has 2 rings (SSSR count). The standard InChI is InChI=1S/C19H23NO3S/c1-4-24-18-8-6-5-7-17(18)19(21)20-14(2)13-23-16-11-9-15(22-3)10-12-16/h5-12,14H,4,13H2,1-3H3,(H,20,21)/t14-/m1/s1. The second-order valence-corrected chi connectivity index (χ2v) is 6.60. The van der Waals surface area contributed by atoms with E-state index in [-0.39, 0.29) is 11.9 Å². The van der Waals surface area contributed by atoms with Gasteiger partial charge in [0.1, 0.15) is 18.1 Å². The fraction of sp³-hybridized carbons (Fsp3) is 0.316. The van der Waals surface area contributed by atoms with Crippen molar-refractivity contribution in [2.45, 2.75) is 24.8 Å². The number of thioether (sulfide) groups is 1. The van der Waals surface area contributed by atoms with Gasteiger partial charge in [-0.25, -0.2) is 0 Å². The molecular formula is C19H23NO3S. The van der Waals surface area contributed by atoms with Crippen LogP contribution in [-0.2, 0) is 0 Å². The van der Waals surface area contributed by atoms with Crippen LogP contribution in [-0.4, -0.2) is 31.4 Å². The molecule has 4 nitrogen and oxygen atoms in total. The summed E-state index contributed by atoms with van der Waals surface area (Å²) in [6, 6.07) is 14.9. The molecule has 1 amide bonds. The van der Waals surface area contributed by atoms with Crippen LogP contribution < -0.4 is 14.8 Å². The molecule has 2 aromatic rings. The lowest BCUT2D eigenvalue weighted by molar-refractivity contribution is 0.0923. The monoisotopic (exact) mass is 345 g/mol. The molecule has 0 aliphatic rings. The van der Waals surface area contributed by atoms with E-state index in [1.165, 1.54) is 0 Å². The molecule has 0 spiro atoms. The fourth-order valence-electron chi connectivity index (χ4n) is 2.17. The molecule has 0 aromatic heterocycles. The summed E-state index contributed by atoms with van der Waals surface area (Å²) < 4.78 is 10.8. The van der Waals surface area contributed by atoms with E-state index in [2.05, 4.69) is 12.2 Å². The highest BCUT2D eigenvalue weighted by atomic mass is 32.2. The predicted molar refractivity (Wildman–Crippen MR) is 98.3 cm³/mol. The molecule has 0 saturated carbocycles. The number of carbonyl (C=O) groups excluding carboxylic acids is 1. The zero-order chi connectivity index (χ0) is 17.4. The zero-order valence-corrected chi connectivity index (χ0v) is 15.1. The number of carbonyl (C=O) groups is 1. The Morgan fingerprint density at radius 3 is 2.46 bits per heavy atom. The van der Waals surface area contributed by atoms with Crippen molar-refractivity contribution < 1.29 is 14.3 Å². The summed E-state index contributed by atoms with van der Waals surface area (Å²) in [7, 11) is 1.63. The summed E-state index contributed by atoms with van der Waals surface area (Å²) in [6.45, 7) is 4.41. The van der Waals surface area contributed by atoms with Crippen LogP contribution >= 0.6 is 11.8 Å². The van der Waals surface area contributed by atoms with Crippen LogP contribution in [0.2, 0.25) is 0 Å². The molecule has 5 heteroatoms. The van der Waals surface area contributed by atoms with Crippen molar-refractivity contribution in [1.29, 1.82) is 0 Å². The van der Waals surface area contributed by atoms with Crippen LogP contribution in [0.4, 0.5) is 0 Å². The Labute approximate surface area is 147 Å². The molecule has 0 fully saturated rings. The van der Waals surface area contributed by atoms with Gasteiger partial charge in [-0.1, -0.05) is 19.1 Å². The van der Waals surface area contributed by atoms with Crippen molar-refractivity contribution in [3.8, 4) is 11.5 Å². The van der Waals surface area contributed by atoms with Gasteiger partial charge in [-0.3, -0.25) is 4.79 Å². The molecule has 0 aliphatic heterocycles. The van der Waals surface area contributed by atoms with Crippen molar-refractivity contribution >= 4 is 17.7 Å². The van der Waals surface area contributed by atoms with Gasteiger partial charge >= 0.3 is 0 Å². The number of benzene rings is 2. The van der Waals surface area contributed by atoms with Gasteiger partial charge in [-0.2, -0.15) is 0 Å². The molecule has 0 bridgehead atoms. The third-order valence-electron chi connectivity index (χ3n) is 3.37. The van der Waals surface area contributed by atoms with E-state index < -0.39 is 0 Å². The molecule has 0 unspecified atom stereocenters. The van der Waals surface area contributed by atoms with Gasteiger partial charge in [0.05, 0.1) is 18.7 Å². The lowest BCUT2D eigenvalue weighted by Gasteiger charge is -2.16. The first kappa shape index (κ1) is 18.2. The summed E-state index contributed by atoms with van der Waals surface area (Å²) in [6.07, 6.45) is 0. The minimum Gasteiger partial charge on any atom is -0.497 e. The molecule has 2 aromatic carbocycles. The van der Waals surface area contributed by atoms with Gasteiger partial charge in [-0.15, -0.1) is 11.8 Å². The fourth-order valence-corrected chi connectivity index (χ4v) is 2.97. The van der Waals surface area contributed by atoms with Crippen LogP contribution in [0.15, 0.2) is 53.4 Å². The van der Waals surface area contributed by atoms with Crippen molar-refractivity contribution in [1.82, 2.24) is 5.32 Å². The minimum atomic E-state index is -0.0979. The van der Waals surface area contributed by atoms with Gasteiger partial charge < -0.3 is 14.8 Å². The Hall–Kier alpha value is -2.14. The van der Waals surface area contributed by atoms with Crippen LogP contribution in [0.5, 0.6) is 11.5 Å². The van der Waals surface area contributed by atoms with Crippen LogP contribution in [0, 0.1) is 0 Å². The lowest BCUT2D eigenvalue weighted by atomic mass is 10.2. The highest BCUT2D eigenvalue weighted by Gasteiger charge is 2.14. The van der Waals surface area contributed by atoms with Crippen molar-refractivity contribution in [3.05, 3.63) is 54.1 Å². The highest BCUT2D eigenvalue weighted by Crippen LogP contribution is 2.22. The number of amides is 1. The Balaban J connectivity index is 1.89. The van der Waals surface area contributed by atoms with E-state index in [1.807, 2.05) is 55.5 Å². The maximum atomic E-state index is 12.4. The molecular weight excluding hydrogens is 322 g/mol. The molecule has 24 heavy (non-hydrogen) atoms. The smallest absolute Gasteiger partial charge is 0.252 e. The average Bonchev–Trinajstić information content (AvgIpc) is 2.61. The molecule has 0 aliphatic carbocycles. The first-order valence-electron chi connectivity index (χ1n) is 7.93. The average molecular weight is 345 g/mol. The van der Waals surface area contributed by atoms with Gasteiger partial charge in [-0.05, 0) is 49.1 Å². The Bertz CT molecular complexity index is 658. The number of ether oxygens (including phenoxy) is 2. The third kappa shape index (κ3) is 5.20. The normalized spacial score (nSPS) is 11.6. The number of nitrogens with one attached hydrogen (secondary N) is 1. The maximum absolute atomic E-state index is 12.4. The van der Waals surface area contributed by atoms with Gasteiger partial charge in [0.25, 0.3) is 5.91 Å². The van der Waals surface area contributed by atoms with Gasteiger partial charge in [0.15, 0.2) is 0 Å². The van der Waals surface area contributed by atoms with Crippen LogP contribution in [0.1, 0.15) is 24.2 Å². The first-order valence-corrected chi connectivity index (χ1v) is 8.92. The molecule has 0 heterocycles. The molecule has 0 radical (unpaired) electrons. The number of rotatable bonds is 8. The van der Waals surface area contributed by atoms with Crippen LogP contribution in [0.3, 0.4) is 0 Å². The van der Waals surface area contributed by atoms with Gasteiger partial charge in [0.2, 0.25) is 0 Å². The molecule has 128 valence electrons. The molecule has 0 saturated heterocycles. The summed E-state index contributed by atoms with van der Waals surface area (Å²) in [5.74, 6) is 2.39. The van der Waals surface area contributed by atoms with Gasteiger partial charge in [0, 0.05) is 4.90 Å². The molecule has 1 atom stereocenters. The zero-order valence-electron chi connectivity index (χ0n) is 14.2. The highest BCUT2D eigenvalue weighted by molar-refractivity contribution is 7.99. The number of hydrogen-bond donors (Lipinski definition) is 1. The van der Waals surface area contributed by atoms with Crippen molar-refractivity contribution in [2.75, 3.05) is 19.5 Å². The SMILES string of the molecule is CCSc1ccccc1C(=O)N[C@H](C)COc1ccc(OC)cc1. The van der Waals surface area contributed by atoms with E-state index in [1.54, 1.807) is 18.9 Å². The topological polar surface area (TPSA) is 47.6 Å². The Morgan fingerprint density at radius 1 is 1.12 bits per heavy atom. The Kier molecular flexibility index (Phi) is 7.00. The van der Waals surface area contributed by atoms with E-state index >= 15 is 0 Å². The number of hydrogen-bond acceptors (Lipinski definition) is 4. The van der Waals surface area contributed by atoms with E-state index in [9.17, 15) is 4.79 Å². The van der Waals surface area contributed by atoms with Crippen LogP contribution in [0.25, 0.3) is 0 Å². The third-order valence-corrected chi connectivity index (χ3v) is 4.32. The van der Waals surface area contributed by atoms with Crippen molar-refractivity contribution in [3.63, 3.8) is 0 Å². The van der Waals surface area contributed by atoms with E-state index in [4.69, 9.17) is 9.47 Å². The molecule has 1 N–H and O–H groups in total. The van der Waals surface area contributed by atoms with E-state index in [0.29, 0.717) is 12.2 Å². The summed E-state index contributed by atoms with van der Waals surface area (Å²) >= 11 is 1.67. The summed E-state index contributed by atoms with van der Waals surface area (Å²) in [5, 5.41) is 2.99. The first-order chi connectivity index (χ1) is 11.6. The predicted octanol–water partition coefficient (Wildman–Crippen LogP) is 4.00. The van der Waals surface area contributed by atoms with Crippen molar-refractivity contribution in [2.24, 2.45) is 0 Å². The maximum Gasteiger partial charge on any atom is 0.252 e. The summed E-state index contributed by atoms with van der Waals surface area (Å²) in [4.78, 5) is 13.4. The second kappa shape index (κ2) is 9.23. The quantitative estimate of drug-likeness (QED) is 0.735. The van der Waals surface area contributed by atoms with E-state index in [0.717, 1.165) is 22.1 Å². The Morgan fingerprint density at radius 2 is 1.79 bits per heavy atom. The lowest BCUT2D eigenvalue weighted by Crippen LogP contribution is -2.37. The minimum absolute atomic E-state index is 0.0719. The number of methoxy groups -OCH3 is 1. The second-order valence-electron chi connectivity index (χ2n) is 5.29. The largest absolute Gasteiger partial charge is 0.497 e. The summed E-state index contributed by atoms with van der Waals surface area (Å²) in [5.41, 5.74) is 0.709.